The lowest BCUT2D eigenvalue weighted by Crippen LogP contribution is -2.48. The summed E-state index contributed by atoms with van der Waals surface area (Å²) in [6.07, 6.45) is 1.47. The minimum absolute atomic E-state index is 0.0645. The molecule has 0 bridgehead atoms. The van der Waals surface area contributed by atoms with Gasteiger partial charge in [0.05, 0.1) is 11.0 Å². The zero-order valence-electron chi connectivity index (χ0n) is 12.8. The van der Waals surface area contributed by atoms with Crippen LogP contribution >= 0.6 is 0 Å². The molecule has 118 valence electrons. The summed E-state index contributed by atoms with van der Waals surface area (Å²) in [4.78, 5) is 0.306. The van der Waals surface area contributed by atoms with Crippen LogP contribution in [0.2, 0.25) is 0 Å². The number of ether oxygens (including phenoxy) is 1. The van der Waals surface area contributed by atoms with E-state index in [1.165, 1.54) is 0 Å². The average molecular weight is 312 g/mol. The summed E-state index contributed by atoms with van der Waals surface area (Å²) >= 11 is 0. The summed E-state index contributed by atoms with van der Waals surface area (Å²) in [5, 5.41) is 0. The van der Waals surface area contributed by atoms with E-state index < -0.39 is 10.0 Å². The van der Waals surface area contributed by atoms with E-state index in [0.717, 1.165) is 0 Å². The zero-order valence-corrected chi connectivity index (χ0v) is 13.6. The van der Waals surface area contributed by atoms with E-state index in [2.05, 4.69) is 0 Å². The van der Waals surface area contributed by atoms with E-state index >= 15 is 0 Å². The summed E-state index contributed by atoms with van der Waals surface area (Å²) in [6.45, 7) is 6.26. The highest BCUT2D eigenvalue weighted by Crippen LogP contribution is 2.26. The van der Waals surface area contributed by atoms with Gasteiger partial charge in [-0.2, -0.15) is 4.31 Å². The van der Waals surface area contributed by atoms with Gasteiger partial charge < -0.3 is 10.5 Å². The van der Waals surface area contributed by atoms with Crippen LogP contribution < -0.4 is 10.5 Å². The van der Waals surface area contributed by atoms with Gasteiger partial charge in [0, 0.05) is 18.6 Å². The predicted molar refractivity (Wildman–Crippen MR) is 82.8 cm³/mol. The van der Waals surface area contributed by atoms with Crippen LogP contribution in [0.3, 0.4) is 0 Å². The highest BCUT2D eigenvalue weighted by Gasteiger charge is 2.33. The van der Waals surface area contributed by atoms with E-state index in [9.17, 15) is 8.42 Å². The molecule has 0 aliphatic carbocycles. The van der Waals surface area contributed by atoms with Crippen molar-refractivity contribution in [2.45, 2.75) is 56.7 Å². The highest BCUT2D eigenvalue weighted by atomic mass is 32.2. The Bertz CT molecular complexity index is 569. The molecule has 2 rings (SSSR count). The molecule has 1 fully saturated rings. The van der Waals surface area contributed by atoms with Gasteiger partial charge in [-0.05, 0) is 57.9 Å². The number of rotatable bonds is 4. The Morgan fingerprint density at radius 1 is 1.29 bits per heavy atom. The van der Waals surface area contributed by atoms with Crippen LogP contribution in [0.1, 0.15) is 33.6 Å². The van der Waals surface area contributed by atoms with Crippen LogP contribution in [0.15, 0.2) is 29.2 Å². The van der Waals surface area contributed by atoms with Crippen LogP contribution in [-0.4, -0.2) is 37.5 Å². The van der Waals surface area contributed by atoms with Gasteiger partial charge in [-0.3, -0.25) is 0 Å². The normalized spacial score (nSPS) is 24.2. The van der Waals surface area contributed by atoms with Gasteiger partial charge in [0.25, 0.3) is 0 Å². The second kappa shape index (κ2) is 6.34. The molecule has 1 aliphatic heterocycles. The van der Waals surface area contributed by atoms with Gasteiger partial charge in [-0.15, -0.1) is 0 Å². The number of nitrogens with zero attached hydrogens (tertiary/aromatic N) is 1. The van der Waals surface area contributed by atoms with Crippen molar-refractivity contribution in [3.8, 4) is 5.75 Å². The minimum Gasteiger partial charge on any atom is -0.491 e. The van der Waals surface area contributed by atoms with Gasteiger partial charge in [-0.25, -0.2) is 8.42 Å². The van der Waals surface area contributed by atoms with E-state index in [4.69, 9.17) is 10.5 Å². The second-order valence-corrected chi connectivity index (χ2v) is 7.78. The quantitative estimate of drug-likeness (QED) is 0.922. The molecule has 6 heteroatoms. The third-order valence-electron chi connectivity index (χ3n) is 3.66. The molecule has 1 heterocycles. The topological polar surface area (TPSA) is 72.6 Å². The first kappa shape index (κ1) is 16.3. The summed E-state index contributed by atoms with van der Waals surface area (Å²) in [5.74, 6) is 0.678. The smallest absolute Gasteiger partial charge is 0.243 e. The van der Waals surface area contributed by atoms with Crippen molar-refractivity contribution < 1.29 is 13.2 Å². The minimum atomic E-state index is -3.46. The summed E-state index contributed by atoms with van der Waals surface area (Å²) in [5.41, 5.74) is 5.90. The number of hydrogen-bond donors (Lipinski definition) is 1. The Morgan fingerprint density at radius 3 is 2.43 bits per heavy atom. The first-order chi connectivity index (χ1) is 9.80. The maximum atomic E-state index is 12.7. The SMILES string of the molecule is CC(C)Oc1ccc(S(=O)(=O)N2CC[C@H](N)C[C@H]2C)cc1. The van der Waals surface area contributed by atoms with Crippen molar-refractivity contribution in [1.29, 1.82) is 0 Å². The number of nitrogens with two attached hydrogens (primary N) is 1. The van der Waals surface area contributed by atoms with Gasteiger partial charge in [0.2, 0.25) is 10.0 Å². The standard InChI is InChI=1S/C15H24N2O3S/c1-11(2)20-14-4-6-15(7-5-14)21(18,19)17-9-8-13(16)10-12(17)3/h4-7,11-13H,8-10,16H2,1-3H3/t12-,13+/m1/s1. The molecule has 0 saturated carbocycles. The molecule has 2 N–H and O–H groups in total. The molecule has 1 saturated heterocycles. The number of hydrogen-bond acceptors (Lipinski definition) is 4. The van der Waals surface area contributed by atoms with Crippen LogP contribution in [-0.2, 0) is 10.0 Å². The summed E-state index contributed by atoms with van der Waals surface area (Å²) in [7, 11) is -3.46. The van der Waals surface area contributed by atoms with Crippen molar-refractivity contribution in [1.82, 2.24) is 4.31 Å². The van der Waals surface area contributed by atoms with Crippen molar-refractivity contribution in [2.24, 2.45) is 5.73 Å². The molecule has 5 nitrogen and oxygen atoms in total. The van der Waals surface area contributed by atoms with E-state index in [0.29, 0.717) is 30.0 Å². The average Bonchev–Trinajstić information content (AvgIpc) is 2.38. The van der Waals surface area contributed by atoms with Crippen molar-refractivity contribution >= 4 is 10.0 Å². The Morgan fingerprint density at radius 2 is 1.90 bits per heavy atom. The summed E-state index contributed by atoms with van der Waals surface area (Å²) < 4.78 is 32.5. The Kier molecular flexibility index (Phi) is 4.91. The third kappa shape index (κ3) is 3.75. The summed E-state index contributed by atoms with van der Waals surface area (Å²) in [6, 6.07) is 6.64. The monoisotopic (exact) mass is 312 g/mol. The van der Waals surface area contributed by atoms with Crippen LogP contribution in [0.5, 0.6) is 5.75 Å². The highest BCUT2D eigenvalue weighted by molar-refractivity contribution is 7.89. The maximum absolute atomic E-state index is 12.7. The first-order valence-electron chi connectivity index (χ1n) is 7.35. The fourth-order valence-corrected chi connectivity index (χ4v) is 4.30. The van der Waals surface area contributed by atoms with Crippen molar-refractivity contribution in [3.05, 3.63) is 24.3 Å². The maximum Gasteiger partial charge on any atom is 0.243 e. The lowest BCUT2D eigenvalue weighted by atomic mass is 10.0. The van der Waals surface area contributed by atoms with Crippen molar-refractivity contribution in [2.75, 3.05) is 6.54 Å². The first-order valence-corrected chi connectivity index (χ1v) is 8.79. The molecule has 0 radical (unpaired) electrons. The molecular weight excluding hydrogens is 288 g/mol. The lowest BCUT2D eigenvalue weighted by Gasteiger charge is -2.35. The molecule has 21 heavy (non-hydrogen) atoms. The van der Waals surface area contributed by atoms with Gasteiger partial charge >= 0.3 is 0 Å². The Hall–Kier alpha value is -1.11. The fourth-order valence-electron chi connectivity index (χ4n) is 2.64. The molecule has 0 unspecified atom stereocenters. The number of piperidine rings is 1. The predicted octanol–water partition coefficient (Wildman–Crippen LogP) is 1.97. The van der Waals surface area contributed by atoms with E-state index in [1.54, 1.807) is 28.6 Å². The molecule has 0 spiro atoms. The van der Waals surface area contributed by atoms with Gasteiger partial charge in [0.15, 0.2) is 0 Å². The number of benzene rings is 1. The Balaban J connectivity index is 2.19. The Labute approximate surface area is 127 Å². The molecule has 1 aliphatic rings. The molecule has 2 atom stereocenters. The molecule has 1 aromatic carbocycles. The molecule has 1 aromatic rings. The fraction of sp³-hybridized carbons (Fsp3) is 0.600. The lowest BCUT2D eigenvalue weighted by molar-refractivity contribution is 0.242. The zero-order chi connectivity index (χ0) is 15.6. The molecule has 0 aromatic heterocycles. The van der Waals surface area contributed by atoms with Crippen LogP contribution in [0, 0.1) is 0 Å². The van der Waals surface area contributed by atoms with Crippen LogP contribution in [0.4, 0.5) is 0 Å². The molecular formula is C15H24N2O3S. The number of sulfonamides is 1. The van der Waals surface area contributed by atoms with Gasteiger partial charge in [-0.1, -0.05) is 0 Å². The third-order valence-corrected chi connectivity index (χ3v) is 5.69. The van der Waals surface area contributed by atoms with Gasteiger partial charge in [0.1, 0.15) is 5.75 Å². The van der Waals surface area contributed by atoms with E-state index in [1.807, 2.05) is 20.8 Å². The second-order valence-electron chi connectivity index (χ2n) is 5.89. The van der Waals surface area contributed by atoms with E-state index in [-0.39, 0.29) is 18.2 Å². The van der Waals surface area contributed by atoms with Crippen LogP contribution in [0.25, 0.3) is 0 Å². The largest absolute Gasteiger partial charge is 0.491 e. The van der Waals surface area contributed by atoms with Crippen molar-refractivity contribution in [3.63, 3.8) is 0 Å². The molecule has 0 amide bonds.